The fourth-order valence-electron chi connectivity index (χ4n) is 9.05. The molecule has 0 unspecified atom stereocenters. The van der Waals surface area contributed by atoms with E-state index in [1.807, 2.05) is 12.1 Å². The summed E-state index contributed by atoms with van der Waals surface area (Å²) < 4.78 is 6.60. The molecule has 0 aliphatic rings. The molecule has 10 aromatic carbocycles. The van der Waals surface area contributed by atoms with Crippen molar-refractivity contribution in [2.75, 3.05) is 0 Å². The van der Waals surface area contributed by atoms with Crippen molar-refractivity contribution in [3.8, 4) is 67.2 Å². The predicted octanol–water partition coefficient (Wildman–Crippen LogP) is 15.8. The first kappa shape index (κ1) is 34.9. The average Bonchev–Trinajstić information content (AvgIpc) is 3.72. The van der Waals surface area contributed by atoms with E-state index in [0.29, 0.717) is 11.5 Å². The highest BCUT2D eigenvalue weighted by Gasteiger charge is 2.20. The van der Waals surface area contributed by atoms with Crippen LogP contribution in [0.5, 0.6) is 0 Å². The maximum Gasteiger partial charge on any atom is 0.231 e. The van der Waals surface area contributed by atoms with Crippen LogP contribution in [0.15, 0.2) is 223 Å². The van der Waals surface area contributed by atoms with Gasteiger partial charge in [-0.15, -0.1) is 0 Å². The van der Waals surface area contributed by atoms with Gasteiger partial charge >= 0.3 is 0 Å². The van der Waals surface area contributed by atoms with Gasteiger partial charge in [0, 0.05) is 16.5 Å². The van der Waals surface area contributed by atoms with Gasteiger partial charge in [-0.1, -0.05) is 194 Å². The molecular weight excluding hydrogens is 741 g/mol. The molecule has 2 aromatic heterocycles. The third kappa shape index (κ3) is 6.06. The van der Waals surface area contributed by atoms with Crippen molar-refractivity contribution in [2.45, 2.75) is 0 Å². The number of fused-ring (bicyclic) bond motifs is 9. The molecule has 284 valence electrons. The number of nitrogens with zero attached hydrogens (tertiary/aromatic N) is 2. The zero-order chi connectivity index (χ0) is 40.3. The molecule has 0 spiro atoms. The first-order valence-corrected chi connectivity index (χ1v) is 20.7. The largest absolute Gasteiger partial charge is 0.438 e. The van der Waals surface area contributed by atoms with Crippen LogP contribution in [0.3, 0.4) is 0 Å². The second-order valence-electron chi connectivity index (χ2n) is 15.7. The zero-order valence-corrected chi connectivity index (χ0v) is 33.1. The minimum absolute atomic E-state index is 0.566. The van der Waals surface area contributed by atoms with Gasteiger partial charge in [0.2, 0.25) is 5.71 Å². The highest BCUT2D eigenvalue weighted by molar-refractivity contribution is 6.25. The Balaban J connectivity index is 0.982. The molecule has 0 aliphatic carbocycles. The van der Waals surface area contributed by atoms with Crippen LogP contribution in [0.25, 0.3) is 122 Å². The molecule has 0 atom stereocenters. The average molecular weight is 777 g/mol. The van der Waals surface area contributed by atoms with Gasteiger partial charge in [-0.2, -0.15) is 4.98 Å². The Hall–Kier alpha value is -8.14. The van der Waals surface area contributed by atoms with Crippen molar-refractivity contribution < 1.29 is 4.42 Å². The summed E-state index contributed by atoms with van der Waals surface area (Å²) >= 11 is 0. The quantitative estimate of drug-likeness (QED) is 0.158. The maximum atomic E-state index is 6.60. The molecule has 0 N–H and O–H groups in total. The Kier molecular flexibility index (Phi) is 8.17. The van der Waals surface area contributed by atoms with Crippen molar-refractivity contribution in [3.05, 3.63) is 218 Å². The van der Waals surface area contributed by atoms with Gasteiger partial charge < -0.3 is 4.42 Å². The van der Waals surface area contributed by atoms with Gasteiger partial charge in [-0.3, -0.25) is 0 Å². The van der Waals surface area contributed by atoms with Crippen molar-refractivity contribution in [1.29, 1.82) is 0 Å². The van der Waals surface area contributed by atoms with Crippen LogP contribution in [0.1, 0.15) is 0 Å². The molecule has 0 bridgehead atoms. The van der Waals surface area contributed by atoms with Crippen molar-refractivity contribution in [2.24, 2.45) is 0 Å². The van der Waals surface area contributed by atoms with E-state index in [1.54, 1.807) is 0 Å². The van der Waals surface area contributed by atoms with Crippen LogP contribution >= 0.6 is 0 Å². The van der Waals surface area contributed by atoms with E-state index in [2.05, 4.69) is 206 Å². The molecule has 12 aromatic rings. The number of hydrogen-bond donors (Lipinski definition) is 0. The Morgan fingerprint density at radius 3 is 1.26 bits per heavy atom. The monoisotopic (exact) mass is 776 g/mol. The van der Waals surface area contributed by atoms with Crippen molar-refractivity contribution >= 4 is 54.4 Å². The first-order chi connectivity index (χ1) is 30.2. The lowest BCUT2D eigenvalue weighted by Crippen LogP contribution is -1.94. The van der Waals surface area contributed by atoms with Gasteiger partial charge in [0.25, 0.3) is 0 Å². The molecule has 0 radical (unpaired) electrons. The third-order valence-corrected chi connectivity index (χ3v) is 12.1. The number of rotatable bonds is 6. The van der Waals surface area contributed by atoms with Crippen LogP contribution in [0, 0.1) is 0 Å². The summed E-state index contributed by atoms with van der Waals surface area (Å²) in [7, 11) is 0. The molecule has 0 saturated heterocycles. The fourth-order valence-corrected chi connectivity index (χ4v) is 9.05. The minimum atomic E-state index is 0.566. The summed E-state index contributed by atoms with van der Waals surface area (Å²) in [5, 5.41) is 9.53. The first-order valence-electron chi connectivity index (χ1n) is 20.7. The molecular formula is C58H36N2O. The van der Waals surface area contributed by atoms with E-state index in [0.717, 1.165) is 55.4 Å². The zero-order valence-electron chi connectivity index (χ0n) is 33.1. The Labute approximate surface area is 352 Å². The predicted molar refractivity (Wildman–Crippen MR) is 254 cm³/mol. The Morgan fingerprint density at radius 1 is 0.262 bits per heavy atom. The van der Waals surface area contributed by atoms with Gasteiger partial charge in [0.1, 0.15) is 5.58 Å². The van der Waals surface area contributed by atoms with E-state index in [1.165, 1.54) is 54.6 Å². The van der Waals surface area contributed by atoms with Gasteiger partial charge in [-0.05, 0) is 101 Å². The summed E-state index contributed by atoms with van der Waals surface area (Å²) in [6.45, 7) is 0. The van der Waals surface area contributed by atoms with Crippen LogP contribution in [-0.4, -0.2) is 9.97 Å². The lowest BCUT2D eigenvalue weighted by atomic mass is 9.91. The van der Waals surface area contributed by atoms with Gasteiger partial charge in [0.15, 0.2) is 5.82 Å². The standard InChI is InChI=1S/C58H36N2O/c1-3-12-37(13-4-1)39-22-26-41(27-23-39)56-55-53-36-46(31-33-54(53)61-58(55)60-57(59-56)42-28-24-40(25-29-42)38-14-5-2-6-15-38)44-17-11-16-43(34-44)45-30-32-51-49-20-8-7-18-47(49)48-19-9-10-21-50(48)52(51)35-45/h1-36H. The number of hydrogen-bond acceptors (Lipinski definition) is 3. The minimum Gasteiger partial charge on any atom is -0.438 e. The van der Waals surface area contributed by atoms with Crippen LogP contribution in [0.4, 0.5) is 0 Å². The second kappa shape index (κ2) is 14.3. The third-order valence-electron chi connectivity index (χ3n) is 12.1. The molecule has 3 nitrogen and oxygen atoms in total. The molecule has 0 aliphatic heterocycles. The van der Waals surface area contributed by atoms with Crippen LogP contribution < -0.4 is 0 Å². The lowest BCUT2D eigenvalue weighted by molar-refractivity contribution is 0.653. The number of aromatic nitrogens is 2. The summed E-state index contributed by atoms with van der Waals surface area (Å²) in [6.07, 6.45) is 0. The van der Waals surface area contributed by atoms with E-state index < -0.39 is 0 Å². The smallest absolute Gasteiger partial charge is 0.231 e. The molecule has 61 heavy (non-hydrogen) atoms. The summed E-state index contributed by atoms with van der Waals surface area (Å²) in [4.78, 5) is 10.4. The summed E-state index contributed by atoms with van der Waals surface area (Å²) in [5.74, 6) is 0.623. The Bertz CT molecular complexity index is 3570. The number of furan rings is 1. The van der Waals surface area contributed by atoms with Crippen LogP contribution in [0.2, 0.25) is 0 Å². The topological polar surface area (TPSA) is 38.9 Å². The molecule has 0 fully saturated rings. The molecule has 0 saturated carbocycles. The highest BCUT2D eigenvalue weighted by Crippen LogP contribution is 2.41. The summed E-state index contributed by atoms with van der Waals surface area (Å²) in [6, 6.07) is 77.7. The lowest BCUT2D eigenvalue weighted by Gasteiger charge is -2.12. The SMILES string of the molecule is c1ccc(-c2ccc(-c3nc(-c4ccc(-c5ccccc5)cc4)c4c(n3)oc3ccc(-c5cccc(-c6ccc7c8ccccc8c8ccccc8c7c6)c5)cc34)cc2)cc1. The normalized spacial score (nSPS) is 11.6. The Morgan fingerprint density at radius 2 is 0.672 bits per heavy atom. The molecule has 2 heterocycles. The molecule has 12 rings (SSSR count). The molecule has 0 amide bonds. The van der Waals surface area contributed by atoms with E-state index >= 15 is 0 Å². The van der Waals surface area contributed by atoms with Crippen LogP contribution in [-0.2, 0) is 0 Å². The van der Waals surface area contributed by atoms with E-state index in [-0.39, 0.29) is 0 Å². The highest BCUT2D eigenvalue weighted by atomic mass is 16.3. The van der Waals surface area contributed by atoms with Gasteiger partial charge in [0.05, 0.1) is 11.1 Å². The fraction of sp³-hybridized carbons (Fsp3) is 0. The van der Waals surface area contributed by atoms with Crippen molar-refractivity contribution in [3.63, 3.8) is 0 Å². The maximum absolute atomic E-state index is 6.60. The van der Waals surface area contributed by atoms with Crippen molar-refractivity contribution in [1.82, 2.24) is 9.97 Å². The van der Waals surface area contributed by atoms with Gasteiger partial charge in [-0.25, -0.2) is 4.98 Å². The molecule has 3 heteroatoms. The second-order valence-corrected chi connectivity index (χ2v) is 15.7. The number of benzene rings is 10. The van der Waals surface area contributed by atoms with E-state index in [4.69, 9.17) is 14.4 Å². The van der Waals surface area contributed by atoms with E-state index in [9.17, 15) is 0 Å². The summed E-state index contributed by atoms with van der Waals surface area (Å²) in [5.41, 5.74) is 13.3.